The van der Waals surface area contributed by atoms with E-state index in [1.165, 1.54) is 0 Å². The Morgan fingerprint density at radius 3 is 2.08 bits per heavy atom. The van der Waals surface area contributed by atoms with E-state index in [9.17, 15) is 4.79 Å². The van der Waals surface area contributed by atoms with E-state index in [1.54, 1.807) is 4.68 Å². The van der Waals surface area contributed by atoms with Crippen LogP contribution in [0, 0.1) is 0 Å². The maximum absolute atomic E-state index is 11.6. The molecule has 3 aromatic rings. The second kappa shape index (κ2) is 7.04. The Labute approximate surface area is 141 Å². The second-order valence-corrected chi connectivity index (χ2v) is 5.85. The number of carbonyl (C=O) groups excluding carboxylic acids is 1. The number of carbonyl (C=O) groups is 1. The van der Waals surface area contributed by atoms with Crippen LogP contribution in [0.2, 0.25) is 0 Å². The molecule has 4 heteroatoms. The summed E-state index contributed by atoms with van der Waals surface area (Å²) in [5.74, 6) is -0.109. The smallest absolute Gasteiger partial charge is 0.172 e. The number of allylic oxidation sites excluding steroid dienone is 1. The van der Waals surface area contributed by atoms with Crippen LogP contribution in [0.5, 0.6) is 0 Å². The monoisotopic (exact) mass is 317 g/mol. The molecule has 0 aliphatic rings. The van der Waals surface area contributed by atoms with Crippen molar-refractivity contribution in [2.75, 3.05) is 0 Å². The van der Waals surface area contributed by atoms with Gasteiger partial charge < -0.3 is 0 Å². The zero-order valence-corrected chi connectivity index (χ0v) is 13.6. The third-order valence-corrected chi connectivity index (χ3v) is 3.87. The first-order valence-electron chi connectivity index (χ1n) is 7.83. The third-order valence-electron chi connectivity index (χ3n) is 3.87. The first-order chi connectivity index (χ1) is 11.7. The number of rotatable bonds is 6. The molecule has 0 bridgehead atoms. The normalized spacial score (nSPS) is 10.8. The number of hydrogen-bond donors (Lipinski definition) is 0. The van der Waals surface area contributed by atoms with Gasteiger partial charge in [-0.2, -0.15) is 0 Å². The quantitative estimate of drug-likeness (QED) is 0.512. The van der Waals surface area contributed by atoms with Gasteiger partial charge in [0.15, 0.2) is 6.29 Å². The van der Waals surface area contributed by atoms with Crippen LogP contribution in [0.15, 0.2) is 72.8 Å². The minimum Gasteiger partial charge on any atom is -0.296 e. The molecule has 0 saturated carbocycles. The average Bonchev–Trinajstić information content (AvgIpc) is 2.99. The van der Waals surface area contributed by atoms with E-state index >= 15 is 0 Å². The molecule has 0 unspecified atom stereocenters. The number of nitrogens with zero attached hydrogens (tertiary/aromatic N) is 3. The lowest BCUT2D eigenvalue weighted by Crippen LogP contribution is -2.14. The van der Waals surface area contributed by atoms with Crippen LogP contribution in [0.25, 0.3) is 0 Å². The molecular formula is C20H19N3O. The van der Waals surface area contributed by atoms with Crippen LogP contribution in [0.4, 0.5) is 0 Å². The molecule has 0 aliphatic heterocycles. The summed E-state index contributed by atoms with van der Waals surface area (Å²) in [6.07, 6.45) is 0.774. The summed E-state index contributed by atoms with van der Waals surface area (Å²) >= 11 is 0. The largest absolute Gasteiger partial charge is 0.296 e. The van der Waals surface area contributed by atoms with Crippen LogP contribution in [0.1, 0.15) is 40.2 Å². The molecule has 0 aliphatic carbocycles. The standard InChI is InChI=1S/C20H19N3O/c1-15(2)13-23-20(18(14-24)21-22-23)19(16-9-5-3-6-10-16)17-11-7-4-8-12-17/h3-12,14,19H,1,13H2,2H3. The molecule has 2 aromatic carbocycles. The zero-order valence-electron chi connectivity index (χ0n) is 13.6. The summed E-state index contributed by atoms with van der Waals surface area (Å²) in [5.41, 5.74) is 4.31. The SMILES string of the molecule is C=C(C)Cn1nnc(C=O)c1C(c1ccccc1)c1ccccc1. The first kappa shape index (κ1) is 15.9. The maximum Gasteiger partial charge on any atom is 0.172 e. The van der Waals surface area contributed by atoms with Gasteiger partial charge in [-0.05, 0) is 18.1 Å². The Morgan fingerprint density at radius 2 is 1.62 bits per heavy atom. The minimum atomic E-state index is -0.109. The van der Waals surface area contributed by atoms with E-state index in [0.717, 1.165) is 28.7 Å². The number of aldehydes is 1. The minimum absolute atomic E-state index is 0.109. The van der Waals surface area contributed by atoms with Crippen LogP contribution >= 0.6 is 0 Å². The Morgan fingerprint density at radius 1 is 1.08 bits per heavy atom. The predicted octanol–water partition coefficient (Wildman–Crippen LogP) is 3.85. The summed E-state index contributed by atoms with van der Waals surface area (Å²) < 4.78 is 1.77. The van der Waals surface area contributed by atoms with Gasteiger partial charge in [0.2, 0.25) is 0 Å². The van der Waals surface area contributed by atoms with Crippen molar-refractivity contribution in [2.24, 2.45) is 0 Å². The fraction of sp³-hybridized carbons (Fsp3) is 0.150. The molecule has 0 spiro atoms. The molecule has 120 valence electrons. The van der Waals surface area contributed by atoms with E-state index in [-0.39, 0.29) is 5.92 Å². The van der Waals surface area contributed by atoms with Gasteiger partial charge in [-0.25, -0.2) is 4.68 Å². The molecule has 24 heavy (non-hydrogen) atoms. The van der Waals surface area contributed by atoms with Crippen molar-refractivity contribution in [2.45, 2.75) is 19.4 Å². The third kappa shape index (κ3) is 3.18. The van der Waals surface area contributed by atoms with Crippen molar-refractivity contribution in [1.82, 2.24) is 15.0 Å². The molecule has 1 heterocycles. The molecule has 0 atom stereocenters. The van der Waals surface area contributed by atoms with Gasteiger partial charge in [-0.1, -0.05) is 78.0 Å². The van der Waals surface area contributed by atoms with Gasteiger partial charge in [0.25, 0.3) is 0 Å². The lowest BCUT2D eigenvalue weighted by Gasteiger charge is -2.20. The van der Waals surface area contributed by atoms with E-state index in [4.69, 9.17) is 0 Å². The van der Waals surface area contributed by atoms with Crippen LogP contribution in [-0.2, 0) is 6.54 Å². The van der Waals surface area contributed by atoms with Crippen molar-refractivity contribution in [1.29, 1.82) is 0 Å². The van der Waals surface area contributed by atoms with Crippen LogP contribution in [-0.4, -0.2) is 21.3 Å². The molecule has 1 aromatic heterocycles. The summed E-state index contributed by atoms with van der Waals surface area (Å²) in [6.45, 7) is 6.43. The number of benzene rings is 2. The fourth-order valence-corrected chi connectivity index (χ4v) is 2.89. The second-order valence-electron chi connectivity index (χ2n) is 5.85. The van der Waals surface area contributed by atoms with Crippen molar-refractivity contribution >= 4 is 6.29 Å². The van der Waals surface area contributed by atoms with E-state index in [0.29, 0.717) is 12.2 Å². The number of hydrogen-bond acceptors (Lipinski definition) is 3. The summed E-state index contributed by atoms with van der Waals surface area (Å²) in [5, 5.41) is 8.24. The summed E-state index contributed by atoms with van der Waals surface area (Å²) in [4.78, 5) is 11.6. The van der Waals surface area contributed by atoms with Crippen LogP contribution < -0.4 is 0 Å². The lowest BCUT2D eigenvalue weighted by atomic mass is 9.87. The van der Waals surface area contributed by atoms with Crippen molar-refractivity contribution in [3.8, 4) is 0 Å². The van der Waals surface area contributed by atoms with E-state index < -0.39 is 0 Å². The van der Waals surface area contributed by atoms with Gasteiger partial charge in [0, 0.05) is 0 Å². The Bertz CT molecular complexity index is 798. The summed E-state index contributed by atoms with van der Waals surface area (Å²) in [7, 11) is 0. The highest BCUT2D eigenvalue weighted by molar-refractivity contribution is 5.74. The highest BCUT2D eigenvalue weighted by Crippen LogP contribution is 2.33. The first-order valence-corrected chi connectivity index (χ1v) is 7.83. The zero-order chi connectivity index (χ0) is 16.9. The maximum atomic E-state index is 11.6. The van der Waals surface area contributed by atoms with Gasteiger partial charge in [0.1, 0.15) is 5.69 Å². The molecule has 0 amide bonds. The van der Waals surface area contributed by atoms with Crippen molar-refractivity contribution in [3.63, 3.8) is 0 Å². The average molecular weight is 317 g/mol. The molecule has 4 nitrogen and oxygen atoms in total. The van der Waals surface area contributed by atoms with E-state index in [2.05, 4.69) is 41.2 Å². The number of aromatic nitrogens is 3. The molecule has 0 radical (unpaired) electrons. The topological polar surface area (TPSA) is 47.8 Å². The molecule has 3 rings (SSSR count). The van der Waals surface area contributed by atoms with Crippen molar-refractivity contribution in [3.05, 3.63) is 95.3 Å². The fourth-order valence-electron chi connectivity index (χ4n) is 2.89. The van der Waals surface area contributed by atoms with Crippen molar-refractivity contribution < 1.29 is 4.79 Å². The lowest BCUT2D eigenvalue weighted by molar-refractivity contribution is 0.111. The molecule has 0 N–H and O–H groups in total. The van der Waals surface area contributed by atoms with Gasteiger partial charge in [0.05, 0.1) is 18.2 Å². The van der Waals surface area contributed by atoms with Gasteiger partial charge in [-0.3, -0.25) is 4.79 Å². The highest BCUT2D eigenvalue weighted by Gasteiger charge is 2.25. The molecular weight excluding hydrogens is 298 g/mol. The molecule has 0 saturated heterocycles. The Balaban J connectivity index is 2.22. The van der Waals surface area contributed by atoms with E-state index in [1.807, 2.05) is 43.3 Å². The Hall–Kier alpha value is -3.01. The predicted molar refractivity (Wildman–Crippen MR) is 94.1 cm³/mol. The highest BCUT2D eigenvalue weighted by atomic mass is 16.1. The Kier molecular flexibility index (Phi) is 4.66. The molecule has 0 fully saturated rings. The van der Waals surface area contributed by atoms with Crippen LogP contribution in [0.3, 0.4) is 0 Å². The van der Waals surface area contributed by atoms with Gasteiger partial charge in [-0.15, -0.1) is 5.10 Å². The van der Waals surface area contributed by atoms with Gasteiger partial charge >= 0.3 is 0 Å². The summed E-state index contributed by atoms with van der Waals surface area (Å²) in [6, 6.07) is 20.2.